The molecular weight excluding hydrogens is 336 g/mol. The Bertz CT molecular complexity index is 924. The highest BCUT2D eigenvalue weighted by molar-refractivity contribution is 7.22. The molecule has 5 rings (SSSR count). The molecule has 2 amide bonds. The van der Waals surface area contributed by atoms with Crippen molar-refractivity contribution >= 4 is 38.4 Å². The first kappa shape index (κ1) is 14.8. The third kappa shape index (κ3) is 2.32. The van der Waals surface area contributed by atoms with Crippen LogP contribution in [0.25, 0.3) is 10.2 Å². The van der Waals surface area contributed by atoms with Crippen molar-refractivity contribution in [2.24, 2.45) is 0 Å². The number of hydrogen-bond donors (Lipinski definition) is 1. The van der Waals surface area contributed by atoms with Crippen molar-refractivity contribution < 1.29 is 9.53 Å². The van der Waals surface area contributed by atoms with E-state index in [2.05, 4.69) is 22.1 Å². The van der Waals surface area contributed by atoms with Crippen LogP contribution in [0.5, 0.6) is 5.75 Å². The minimum atomic E-state index is -0.162. The fourth-order valence-corrected chi connectivity index (χ4v) is 4.59. The molecule has 1 atom stereocenters. The van der Waals surface area contributed by atoms with Crippen LogP contribution in [-0.4, -0.2) is 42.8 Å². The molecule has 7 heteroatoms. The first-order valence-corrected chi connectivity index (χ1v) is 9.40. The molecule has 2 aromatic rings. The van der Waals surface area contributed by atoms with Gasteiger partial charge in [-0.05, 0) is 31.9 Å². The van der Waals surface area contributed by atoms with Crippen LogP contribution in [0, 0.1) is 11.8 Å². The van der Waals surface area contributed by atoms with E-state index in [9.17, 15) is 4.79 Å². The van der Waals surface area contributed by atoms with E-state index in [-0.39, 0.29) is 12.1 Å². The van der Waals surface area contributed by atoms with Crippen LogP contribution in [0.3, 0.4) is 0 Å². The minimum absolute atomic E-state index is 0.129. The molecule has 1 unspecified atom stereocenters. The van der Waals surface area contributed by atoms with E-state index < -0.39 is 0 Å². The maximum atomic E-state index is 12.3. The topological polar surface area (TPSA) is 57.7 Å². The van der Waals surface area contributed by atoms with Crippen LogP contribution < -0.4 is 19.9 Å². The Hall–Kier alpha value is -2.46. The van der Waals surface area contributed by atoms with Crippen molar-refractivity contribution in [2.45, 2.75) is 31.8 Å². The molecule has 6 nitrogen and oxygen atoms in total. The van der Waals surface area contributed by atoms with Crippen molar-refractivity contribution in [3.8, 4) is 17.6 Å². The van der Waals surface area contributed by atoms with Gasteiger partial charge < -0.3 is 15.0 Å². The number of nitrogens with zero attached hydrogens (tertiary/aromatic N) is 3. The monoisotopic (exact) mass is 354 g/mol. The summed E-state index contributed by atoms with van der Waals surface area (Å²) in [7, 11) is 0. The molecule has 2 aliphatic heterocycles. The average Bonchev–Trinajstić information content (AvgIpc) is 3.28. The fourth-order valence-electron chi connectivity index (χ4n) is 3.57. The Labute approximate surface area is 149 Å². The Morgan fingerprint density at radius 1 is 1.40 bits per heavy atom. The molecule has 1 saturated heterocycles. The lowest BCUT2D eigenvalue weighted by molar-refractivity contribution is 0.252. The minimum Gasteiger partial charge on any atom is -0.489 e. The maximum Gasteiger partial charge on any atom is 0.324 e. The van der Waals surface area contributed by atoms with Crippen LogP contribution >= 0.6 is 11.3 Å². The standard InChI is InChI=1S/C18H18N4O2S/c1-2-3-12-10-19-17(23)22(12)18-20-15-14(25-18)7-6-13-16(15)21(8-9-24-13)11-4-5-11/h6-7,11-12H,4-5,8-10H2,1H3,(H,19,23). The zero-order valence-corrected chi connectivity index (χ0v) is 14.7. The molecule has 0 radical (unpaired) electrons. The Balaban J connectivity index is 1.63. The van der Waals surface area contributed by atoms with Crippen LogP contribution in [0.2, 0.25) is 0 Å². The van der Waals surface area contributed by atoms with Gasteiger partial charge in [-0.1, -0.05) is 17.3 Å². The Morgan fingerprint density at radius 2 is 2.28 bits per heavy atom. The second kappa shape index (κ2) is 5.53. The zero-order chi connectivity index (χ0) is 17.0. The Kier molecular flexibility index (Phi) is 3.28. The van der Waals surface area contributed by atoms with Gasteiger partial charge in [0.2, 0.25) is 0 Å². The highest BCUT2D eigenvalue weighted by Gasteiger charge is 2.37. The lowest BCUT2D eigenvalue weighted by Crippen LogP contribution is -2.34. The summed E-state index contributed by atoms with van der Waals surface area (Å²) in [5, 5.41) is 3.56. The van der Waals surface area contributed by atoms with Gasteiger partial charge in [0.1, 0.15) is 29.6 Å². The number of fused-ring (bicyclic) bond motifs is 3. The third-order valence-electron chi connectivity index (χ3n) is 4.84. The normalized spacial score (nSPS) is 22.3. The number of carbonyl (C=O) groups is 1. The number of anilines is 2. The van der Waals surface area contributed by atoms with Gasteiger partial charge in [-0.3, -0.25) is 4.90 Å². The van der Waals surface area contributed by atoms with Crippen molar-refractivity contribution in [3.05, 3.63) is 12.1 Å². The summed E-state index contributed by atoms with van der Waals surface area (Å²) < 4.78 is 6.94. The predicted molar refractivity (Wildman–Crippen MR) is 98.6 cm³/mol. The molecule has 1 N–H and O–H groups in total. The second-order valence-electron chi connectivity index (χ2n) is 6.49. The largest absolute Gasteiger partial charge is 0.489 e. The van der Waals surface area contributed by atoms with Gasteiger partial charge in [0.05, 0.1) is 17.8 Å². The van der Waals surface area contributed by atoms with Crippen LogP contribution in [0.15, 0.2) is 12.1 Å². The maximum absolute atomic E-state index is 12.3. The number of ether oxygens (including phenoxy) is 1. The number of carbonyl (C=O) groups excluding carboxylic acids is 1. The number of urea groups is 1. The molecular formula is C18H18N4O2S. The van der Waals surface area contributed by atoms with Crippen LogP contribution in [0.1, 0.15) is 19.8 Å². The highest BCUT2D eigenvalue weighted by atomic mass is 32.1. The van der Waals surface area contributed by atoms with E-state index in [1.165, 1.54) is 24.2 Å². The summed E-state index contributed by atoms with van der Waals surface area (Å²) in [5.41, 5.74) is 2.03. The van der Waals surface area contributed by atoms with E-state index in [4.69, 9.17) is 9.72 Å². The number of benzene rings is 1. The summed E-state index contributed by atoms with van der Waals surface area (Å²) in [4.78, 5) is 21.2. The average molecular weight is 354 g/mol. The number of amides is 2. The van der Waals surface area contributed by atoms with Gasteiger partial charge in [-0.25, -0.2) is 9.78 Å². The second-order valence-corrected chi connectivity index (χ2v) is 7.50. The zero-order valence-electron chi connectivity index (χ0n) is 13.9. The Morgan fingerprint density at radius 3 is 3.08 bits per heavy atom. The molecule has 3 heterocycles. The van der Waals surface area contributed by atoms with E-state index >= 15 is 0 Å². The number of aromatic nitrogens is 1. The molecule has 0 bridgehead atoms. The molecule has 25 heavy (non-hydrogen) atoms. The number of hydrogen-bond acceptors (Lipinski definition) is 5. The van der Waals surface area contributed by atoms with Gasteiger partial charge in [0, 0.05) is 6.04 Å². The summed E-state index contributed by atoms with van der Waals surface area (Å²) in [5.74, 6) is 6.90. The molecule has 1 aromatic carbocycles. The summed E-state index contributed by atoms with van der Waals surface area (Å²) >= 11 is 1.54. The predicted octanol–water partition coefficient (Wildman–Crippen LogP) is 2.58. The van der Waals surface area contributed by atoms with Crippen molar-refractivity contribution in [1.29, 1.82) is 0 Å². The molecule has 3 aliphatic rings. The summed E-state index contributed by atoms with van der Waals surface area (Å²) in [6.45, 7) is 3.94. The molecule has 128 valence electrons. The third-order valence-corrected chi connectivity index (χ3v) is 5.86. The van der Waals surface area contributed by atoms with Gasteiger partial charge in [0.15, 0.2) is 5.13 Å². The summed E-state index contributed by atoms with van der Waals surface area (Å²) in [6.07, 6.45) is 2.46. The lowest BCUT2D eigenvalue weighted by Gasteiger charge is -2.31. The van der Waals surface area contributed by atoms with Gasteiger partial charge in [-0.15, -0.1) is 5.92 Å². The molecule has 1 aliphatic carbocycles. The van der Waals surface area contributed by atoms with E-state index in [0.29, 0.717) is 24.3 Å². The van der Waals surface area contributed by atoms with Gasteiger partial charge in [0.25, 0.3) is 0 Å². The summed E-state index contributed by atoms with van der Waals surface area (Å²) in [6, 6.07) is 4.38. The smallest absolute Gasteiger partial charge is 0.324 e. The van der Waals surface area contributed by atoms with Crippen molar-refractivity contribution in [3.63, 3.8) is 0 Å². The van der Waals surface area contributed by atoms with E-state index in [0.717, 1.165) is 28.2 Å². The van der Waals surface area contributed by atoms with E-state index in [1.54, 1.807) is 11.8 Å². The van der Waals surface area contributed by atoms with Crippen LogP contribution in [-0.2, 0) is 0 Å². The highest BCUT2D eigenvalue weighted by Crippen LogP contribution is 2.46. The molecule has 2 fully saturated rings. The SMILES string of the molecule is CC#CC1CNC(=O)N1c1nc2c3c(ccc2s1)OCCN3C1CC1. The van der Waals surface area contributed by atoms with E-state index in [1.807, 2.05) is 12.1 Å². The lowest BCUT2D eigenvalue weighted by atomic mass is 10.2. The van der Waals surface area contributed by atoms with Gasteiger partial charge in [-0.2, -0.15) is 0 Å². The molecule has 0 spiro atoms. The number of nitrogens with one attached hydrogen (secondary N) is 1. The first-order valence-electron chi connectivity index (χ1n) is 8.58. The number of rotatable bonds is 2. The fraction of sp³-hybridized carbons (Fsp3) is 0.444. The molecule has 1 aromatic heterocycles. The number of thiazole rings is 1. The van der Waals surface area contributed by atoms with Crippen LogP contribution in [0.4, 0.5) is 15.6 Å². The van der Waals surface area contributed by atoms with Crippen molar-refractivity contribution in [1.82, 2.24) is 10.3 Å². The van der Waals surface area contributed by atoms with Gasteiger partial charge >= 0.3 is 6.03 Å². The van der Waals surface area contributed by atoms with Crippen molar-refractivity contribution in [2.75, 3.05) is 29.5 Å². The first-order chi connectivity index (χ1) is 12.3. The molecule has 1 saturated carbocycles. The quantitative estimate of drug-likeness (QED) is 0.842.